The molecule has 2 unspecified atom stereocenters. The molecule has 0 bridgehead atoms. The quantitative estimate of drug-likeness (QED) is 0.488. The third kappa shape index (κ3) is 4.42. The Morgan fingerprint density at radius 3 is 2.13 bits per heavy atom. The van der Waals surface area contributed by atoms with Crippen molar-refractivity contribution in [1.29, 1.82) is 0 Å². The molecule has 6 nitrogen and oxygen atoms in total. The molecule has 1 aliphatic heterocycles. The highest BCUT2D eigenvalue weighted by atomic mass is 16.6. The fraction of sp³-hybridized carbons (Fsp3) is 1.00. The Kier molecular flexibility index (Phi) is 6.07. The Balaban J connectivity index is 2.12. The summed E-state index contributed by atoms with van der Waals surface area (Å²) in [6, 6.07) is 0. The SMILES string of the molecule is OCC(CO)OCC1COC(CO)CO1. The predicted molar refractivity (Wildman–Crippen MR) is 50.5 cm³/mol. The van der Waals surface area contributed by atoms with Gasteiger partial charge in [0.1, 0.15) is 18.3 Å². The lowest BCUT2D eigenvalue weighted by Crippen LogP contribution is -2.41. The second kappa shape index (κ2) is 7.10. The molecule has 1 fully saturated rings. The Bertz CT molecular complexity index is 153. The van der Waals surface area contributed by atoms with Crippen molar-refractivity contribution in [3.8, 4) is 0 Å². The van der Waals surface area contributed by atoms with Crippen molar-refractivity contribution in [3.63, 3.8) is 0 Å². The monoisotopic (exact) mass is 222 g/mol. The van der Waals surface area contributed by atoms with Gasteiger partial charge in [-0.05, 0) is 0 Å². The summed E-state index contributed by atoms with van der Waals surface area (Å²) in [4.78, 5) is 0. The molecule has 2 atom stereocenters. The van der Waals surface area contributed by atoms with Gasteiger partial charge in [0.15, 0.2) is 0 Å². The van der Waals surface area contributed by atoms with Crippen LogP contribution in [0.2, 0.25) is 0 Å². The number of aliphatic hydroxyl groups excluding tert-OH is 3. The third-order valence-electron chi connectivity index (χ3n) is 2.16. The Labute approximate surface area is 88.4 Å². The van der Waals surface area contributed by atoms with Crippen LogP contribution < -0.4 is 0 Å². The van der Waals surface area contributed by atoms with Gasteiger partial charge < -0.3 is 29.5 Å². The first kappa shape index (κ1) is 12.8. The molecule has 0 spiro atoms. The van der Waals surface area contributed by atoms with Crippen molar-refractivity contribution < 1.29 is 29.5 Å². The summed E-state index contributed by atoms with van der Waals surface area (Å²) in [5.41, 5.74) is 0. The number of ether oxygens (including phenoxy) is 3. The van der Waals surface area contributed by atoms with Gasteiger partial charge in [0, 0.05) is 0 Å². The van der Waals surface area contributed by atoms with E-state index in [-0.39, 0.29) is 38.6 Å². The smallest absolute Gasteiger partial charge is 0.104 e. The fourth-order valence-corrected chi connectivity index (χ4v) is 1.19. The van der Waals surface area contributed by atoms with E-state index in [2.05, 4.69) is 0 Å². The second-order valence-electron chi connectivity index (χ2n) is 3.41. The van der Waals surface area contributed by atoms with Crippen LogP contribution in [0.15, 0.2) is 0 Å². The van der Waals surface area contributed by atoms with E-state index in [1.807, 2.05) is 0 Å². The predicted octanol–water partition coefficient (Wildman–Crippen LogP) is -1.87. The van der Waals surface area contributed by atoms with Gasteiger partial charge in [-0.1, -0.05) is 0 Å². The Morgan fingerprint density at radius 2 is 1.67 bits per heavy atom. The summed E-state index contributed by atoms with van der Waals surface area (Å²) in [7, 11) is 0. The number of rotatable bonds is 6. The minimum Gasteiger partial charge on any atom is -0.394 e. The van der Waals surface area contributed by atoms with Gasteiger partial charge in [0.05, 0.1) is 39.6 Å². The number of aliphatic hydroxyl groups is 3. The van der Waals surface area contributed by atoms with E-state index in [0.29, 0.717) is 13.2 Å². The first-order valence-electron chi connectivity index (χ1n) is 4.97. The standard InChI is InChI=1S/C9H18O6/c10-1-7(2-11)13-5-9-6-14-8(3-12)4-15-9/h7-12H,1-6H2. The van der Waals surface area contributed by atoms with Crippen molar-refractivity contribution in [2.75, 3.05) is 39.6 Å². The van der Waals surface area contributed by atoms with Gasteiger partial charge in [-0.25, -0.2) is 0 Å². The Morgan fingerprint density at radius 1 is 1.07 bits per heavy atom. The van der Waals surface area contributed by atoms with Crippen LogP contribution >= 0.6 is 0 Å². The van der Waals surface area contributed by atoms with Crippen LogP contribution in [0.1, 0.15) is 0 Å². The first-order valence-corrected chi connectivity index (χ1v) is 4.97. The molecule has 0 amide bonds. The van der Waals surface area contributed by atoms with Crippen molar-refractivity contribution in [2.24, 2.45) is 0 Å². The van der Waals surface area contributed by atoms with E-state index < -0.39 is 6.10 Å². The van der Waals surface area contributed by atoms with Crippen LogP contribution in [0.4, 0.5) is 0 Å². The highest BCUT2D eigenvalue weighted by Crippen LogP contribution is 2.08. The summed E-state index contributed by atoms with van der Waals surface area (Å²) in [6.07, 6.45) is -1.02. The molecule has 0 aromatic heterocycles. The number of hydrogen-bond donors (Lipinski definition) is 3. The van der Waals surface area contributed by atoms with Crippen LogP contribution in [-0.2, 0) is 14.2 Å². The molecule has 1 saturated heterocycles. The molecular formula is C9H18O6. The fourth-order valence-electron chi connectivity index (χ4n) is 1.19. The van der Waals surface area contributed by atoms with Gasteiger partial charge in [0.25, 0.3) is 0 Å². The lowest BCUT2D eigenvalue weighted by molar-refractivity contribution is -0.170. The Hall–Kier alpha value is -0.240. The highest BCUT2D eigenvalue weighted by molar-refractivity contribution is 4.67. The molecule has 0 aromatic rings. The van der Waals surface area contributed by atoms with E-state index in [9.17, 15) is 0 Å². The summed E-state index contributed by atoms with van der Waals surface area (Å²) in [5, 5.41) is 26.3. The largest absolute Gasteiger partial charge is 0.394 e. The minimum atomic E-state index is -0.566. The zero-order valence-electron chi connectivity index (χ0n) is 8.54. The summed E-state index contributed by atoms with van der Waals surface area (Å²) in [6.45, 7) is 0.475. The maximum atomic E-state index is 8.77. The van der Waals surface area contributed by atoms with Crippen LogP contribution in [0.5, 0.6) is 0 Å². The summed E-state index contributed by atoms with van der Waals surface area (Å²) in [5.74, 6) is 0. The van der Waals surface area contributed by atoms with Gasteiger partial charge >= 0.3 is 0 Å². The zero-order chi connectivity index (χ0) is 11.1. The van der Waals surface area contributed by atoms with E-state index >= 15 is 0 Å². The minimum absolute atomic E-state index is 0.0521. The summed E-state index contributed by atoms with van der Waals surface area (Å²) >= 11 is 0. The highest BCUT2D eigenvalue weighted by Gasteiger charge is 2.22. The van der Waals surface area contributed by atoms with Crippen LogP contribution in [0.25, 0.3) is 0 Å². The maximum absolute atomic E-state index is 8.77. The molecule has 1 heterocycles. The normalized spacial score (nSPS) is 27.2. The first-order chi connectivity index (χ1) is 7.30. The van der Waals surface area contributed by atoms with E-state index in [4.69, 9.17) is 29.5 Å². The molecule has 3 N–H and O–H groups in total. The van der Waals surface area contributed by atoms with Crippen LogP contribution in [0, 0.1) is 0 Å². The zero-order valence-corrected chi connectivity index (χ0v) is 8.54. The lowest BCUT2D eigenvalue weighted by Gasteiger charge is -2.29. The number of hydrogen-bond acceptors (Lipinski definition) is 6. The second-order valence-corrected chi connectivity index (χ2v) is 3.41. The van der Waals surface area contributed by atoms with E-state index in [1.54, 1.807) is 0 Å². The molecule has 1 rings (SSSR count). The van der Waals surface area contributed by atoms with E-state index in [1.165, 1.54) is 0 Å². The molecule has 1 aliphatic rings. The topological polar surface area (TPSA) is 88.4 Å². The van der Waals surface area contributed by atoms with E-state index in [0.717, 1.165) is 0 Å². The lowest BCUT2D eigenvalue weighted by atomic mass is 10.3. The van der Waals surface area contributed by atoms with Crippen molar-refractivity contribution in [2.45, 2.75) is 18.3 Å². The molecule has 90 valence electrons. The van der Waals surface area contributed by atoms with Crippen molar-refractivity contribution >= 4 is 0 Å². The molecule has 0 aromatic carbocycles. The van der Waals surface area contributed by atoms with Gasteiger partial charge in [0.2, 0.25) is 0 Å². The molecule has 0 saturated carbocycles. The van der Waals surface area contributed by atoms with Gasteiger partial charge in [-0.2, -0.15) is 0 Å². The van der Waals surface area contributed by atoms with Gasteiger partial charge in [-0.3, -0.25) is 0 Å². The van der Waals surface area contributed by atoms with Crippen LogP contribution in [-0.4, -0.2) is 73.3 Å². The maximum Gasteiger partial charge on any atom is 0.104 e. The molecule has 6 heteroatoms. The van der Waals surface area contributed by atoms with Crippen molar-refractivity contribution in [1.82, 2.24) is 0 Å². The molecule has 0 aliphatic carbocycles. The van der Waals surface area contributed by atoms with Crippen molar-refractivity contribution in [3.05, 3.63) is 0 Å². The molecule has 0 radical (unpaired) electrons. The average molecular weight is 222 g/mol. The summed E-state index contributed by atoms with van der Waals surface area (Å²) < 4.78 is 15.8. The molecular weight excluding hydrogens is 204 g/mol. The third-order valence-corrected chi connectivity index (χ3v) is 2.16. The average Bonchev–Trinajstić information content (AvgIpc) is 2.31. The van der Waals surface area contributed by atoms with Gasteiger partial charge in [-0.15, -0.1) is 0 Å². The van der Waals surface area contributed by atoms with Crippen LogP contribution in [0.3, 0.4) is 0 Å². The molecule has 15 heavy (non-hydrogen) atoms.